The Bertz CT molecular complexity index is 499. The Morgan fingerprint density at radius 1 is 1.43 bits per heavy atom. The summed E-state index contributed by atoms with van der Waals surface area (Å²) in [6.07, 6.45) is 2.76. The number of hydrogen-bond acceptors (Lipinski definition) is 2. The van der Waals surface area contributed by atoms with E-state index in [-0.39, 0.29) is 35.8 Å². The van der Waals surface area contributed by atoms with Gasteiger partial charge in [-0.2, -0.15) is 0 Å². The molecule has 1 fully saturated rings. The van der Waals surface area contributed by atoms with Gasteiger partial charge in [0.25, 0.3) is 0 Å². The molecular weight excluding hydrogens is 298 g/mol. The Morgan fingerprint density at radius 3 is 2.71 bits per heavy atom. The van der Waals surface area contributed by atoms with Gasteiger partial charge in [0.15, 0.2) is 0 Å². The Balaban J connectivity index is 0.00000220. The molecule has 1 saturated carbocycles. The Morgan fingerprint density at radius 2 is 2.14 bits per heavy atom. The average molecular weight is 319 g/mol. The minimum absolute atomic E-state index is 0. The van der Waals surface area contributed by atoms with Crippen molar-refractivity contribution in [1.82, 2.24) is 5.32 Å². The lowest BCUT2D eigenvalue weighted by Gasteiger charge is -2.20. The van der Waals surface area contributed by atoms with Gasteiger partial charge in [0, 0.05) is 17.5 Å². The fourth-order valence-electron chi connectivity index (χ4n) is 2.73. The molecule has 118 valence electrons. The monoisotopic (exact) mass is 318 g/mol. The van der Waals surface area contributed by atoms with E-state index in [9.17, 15) is 13.6 Å². The zero-order valence-corrected chi connectivity index (χ0v) is 12.8. The number of carbonyl (C=O) groups is 1. The van der Waals surface area contributed by atoms with E-state index in [1.54, 1.807) is 0 Å². The van der Waals surface area contributed by atoms with E-state index in [0.29, 0.717) is 12.8 Å². The second-order valence-electron chi connectivity index (χ2n) is 5.41. The summed E-state index contributed by atoms with van der Waals surface area (Å²) in [6, 6.07) is 2.87. The zero-order chi connectivity index (χ0) is 14.7. The van der Waals surface area contributed by atoms with Crippen LogP contribution in [-0.2, 0) is 4.79 Å². The van der Waals surface area contributed by atoms with E-state index in [4.69, 9.17) is 5.73 Å². The minimum atomic E-state index is -0.505. The molecule has 0 radical (unpaired) electrons. The topological polar surface area (TPSA) is 55.1 Å². The fourth-order valence-corrected chi connectivity index (χ4v) is 2.73. The standard InChI is InChI=1S/C15H20F2N2O.ClH/c1-2-14(12-8-10(16)4-6-13(12)17)19-15(20)9-3-5-11(18)7-9;/h4,6,8-9,11,14H,2-3,5,7,18H2,1H3,(H,19,20);1H. The lowest BCUT2D eigenvalue weighted by Crippen LogP contribution is -2.34. The van der Waals surface area contributed by atoms with Crippen LogP contribution in [0.3, 0.4) is 0 Å². The first-order chi connectivity index (χ1) is 9.51. The van der Waals surface area contributed by atoms with Gasteiger partial charge in [0.1, 0.15) is 11.6 Å². The third-order valence-electron chi connectivity index (χ3n) is 3.90. The summed E-state index contributed by atoms with van der Waals surface area (Å²) < 4.78 is 27.0. The predicted octanol–water partition coefficient (Wildman–Crippen LogP) is 3.08. The van der Waals surface area contributed by atoms with Crippen LogP contribution in [-0.4, -0.2) is 11.9 Å². The lowest BCUT2D eigenvalue weighted by molar-refractivity contribution is -0.125. The molecule has 1 aliphatic carbocycles. The summed E-state index contributed by atoms with van der Waals surface area (Å²) in [5.74, 6) is -1.23. The van der Waals surface area contributed by atoms with Gasteiger partial charge in [-0.3, -0.25) is 4.79 Å². The number of rotatable bonds is 4. The van der Waals surface area contributed by atoms with Crippen molar-refractivity contribution in [3.8, 4) is 0 Å². The van der Waals surface area contributed by atoms with Gasteiger partial charge >= 0.3 is 0 Å². The lowest BCUT2D eigenvalue weighted by atomic mass is 10.0. The van der Waals surface area contributed by atoms with Gasteiger partial charge in [-0.1, -0.05) is 6.92 Å². The highest BCUT2D eigenvalue weighted by Gasteiger charge is 2.29. The Labute approximate surface area is 129 Å². The number of halogens is 3. The molecule has 3 atom stereocenters. The molecular formula is C15H21ClF2N2O. The summed E-state index contributed by atoms with van der Waals surface area (Å²) in [4.78, 5) is 12.1. The molecule has 0 saturated heterocycles. The first-order valence-corrected chi connectivity index (χ1v) is 7.02. The molecule has 1 amide bonds. The maximum absolute atomic E-state index is 13.8. The highest BCUT2D eigenvalue weighted by Crippen LogP contribution is 2.27. The number of nitrogens with two attached hydrogens (primary N) is 1. The third-order valence-corrected chi connectivity index (χ3v) is 3.90. The van der Waals surface area contributed by atoms with Crippen LogP contribution in [0.15, 0.2) is 18.2 Å². The van der Waals surface area contributed by atoms with E-state index < -0.39 is 17.7 Å². The van der Waals surface area contributed by atoms with Crippen LogP contribution >= 0.6 is 12.4 Å². The smallest absolute Gasteiger partial charge is 0.223 e. The van der Waals surface area contributed by atoms with Crippen LogP contribution in [0.4, 0.5) is 8.78 Å². The van der Waals surface area contributed by atoms with Crippen molar-refractivity contribution in [3.05, 3.63) is 35.4 Å². The van der Waals surface area contributed by atoms with E-state index >= 15 is 0 Å². The van der Waals surface area contributed by atoms with Crippen molar-refractivity contribution < 1.29 is 13.6 Å². The molecule has 1 aromatic carbocycles. The number of hydrogen-bond donors (Lipinski definition) is 2. The van der Waals surface area contributed by atoms with E-state index in [1.807, 2.05) is 6.92 Å². The molecule has 0 aliphatic heterocycles. The third kappa shape index (κ3) is 4.38. The molecule has 1 aliphatic rings. The maximum atomic E-state index is 13.8. The molecule has 3 unspecified atom stereocenters. The van der Waals surface area contributed by atoms with Gasteiger partial charge in [0.05, 0.1) is 6.04 Å². The highest BCUT2D eigenvalue weighted by atomic mass is 35.5. The summed E-state index contributed by atoms with van der Waals surface area (Å²) in [5, 5.41) is 2.81. The molecule has 3 nitrogen and oxygen atoms in total. The SMILES string of the molecule is CCC(NC(=O)C1CCC(N)C1)c1cc(F)ccc1F.Cl. The molecule has 21 heavy (non-hydrogen) atoms. The molecule has 1 aromatic rings. The summed E-state index contributed by atoms with van der Waals surface area (Å²) in [5.41, 5.74) is 5.99. The number of benzene rings is 1. The van der Waals surface area contributed by atoms with E-state index in [2.05, 4.69) is 5.32 Å². The second kappa shape index (κ2) is 7.71. The second-order valence-corrected chi connectivity index (χ2v) is 5.41. The predicted molar refractivity (Wildman–Crippen MR) is 80.1 cm³/mol. The van der Waals surface area contributed by atoms with Gasteiger partial charge in [-0.15, -0.1) is 12.4 Å². The van der Waals surface area contributed by atoms with Crippen molar-refractivity contribution in [2.45, 2.75) is 44.7 Å². The first-order valence-electron chi connectivity index (χ1n) is 7.02. The molecule has 0 aromatic heterocycles. The number of amides is 1. The summed E-state index contributed by atoms with van der Waals surface area (Å²) in [6.45, 7) is 1.83. The molecule has 0 spiro atoms. The normalized spacial score (nSPS) is 22.5. The quantitative estimate of drug-likeness (QED) is 0.896. The summed E-state index contributed by atoms with van der Waals surface area (Å²) >= 11 is 0. The van der Waals surface area contributed by atoms with Crippen molar-refractivity contribution >= 4 is 18.3 Å². The number of nitrogens with one attached hydrogen (secondary N) is 1. The first kappa shape index (κ1) is 17.9. The van der Waals surface area contributed by atoms with Crippen LogP contribution in [0.25, 0.3) is 0 Å². The fraction of sp³-hybridized carbons (Fsp3) is 0.533. The van der Waals surface area contributed by atoms with Crippen LogP contribution in [0.2, 0.25) is 0 Å². The molecule has 0 heterocycles. The molecule has 2 rings (SSSR count). The van der Waals surface area contributed by atoms with Gasteiger partial charge in [-0.25, -0.2) is 8.78 Å². The molecule has 0 bridgehead atoms. The van der Waals surface area contributed by atoms with Crippen LogP contribution in [0.5, 0.6) is 0 Å². The van der Waals surface area contributed by atoms with E-state index in [1.165, 1.54) is 0 Å². The van der Waals surface area contributed by atoms with Gasteiger partial charge in [0.2, 0.25) is 5.91 Å². The van der Waals surface area contributed by atoms with Gasteiger partial charge < -0.3 is 11.1 Å². The minimum Gasteiger partial charge on any atom is -0.349 e. The van der Waals surface area contributed by atoms with Crippen LogP contribution in [0, 0.1) is 17.6 Å². The van der Waals surface area contributed by atoms with Crippen molar-refractivity contribution in [2.75, 3.05) is 0 Å². The summed E-state index contributed by atoms with van der Waals surface area (Å²) in [7, 11) is 0. The highest BCUT2D eigenvalue weighted by molar-refractivity contribution is 5.85. The van der Waals surface area contributed by atoms with Gasteiger partial charge in [-0.05, 0) is 43.9 Å². The Hall–Kier alpha value is -1.20. The van der Waals surface area contributed by atoms with Crippen LogP contribution in [0.1, 0.15) is 44.2 Å². The van der Waals surface area contributed by atoms with Crippen LogP contribution < -0.4 is 11.1 Å². The average Bonchev–Trinajstić information content (AvgIpc) is 2.85. The largest absolute Gasteiger partial charge is 0.349 e. The Kier molecular flexibility index (Phi) is 6.55. The van der Waals surface area contributed by atoms with Crippen molar-refractivity contribution in [3.63, 3.8) is 0 Å². The molecule has 3 N–H and O–H groups in total. The number of carbonyl (C=O) groups excluding carboxylic acids is 1. The van der Waals surface area contributed by atoms with Crippen molar-refractivity contribution in [2.24, 2.45) is 11.7 Å². The van der Waals surface area contributed by atoms with E-state index in [0.717, 1.165) is 31.0 Å². The molecule has 6 heteroatoms. The zero-order valence-electron chi connectivity index (χ0n) is 11.9. The van der Waals surface area contributed by atoms with Crippen molar-refractivity contribution in [1.29, 1.82) is 0 Å². The maximum Gasteiger partial charge on any atom is 0.223 e.